The zero-order chi connectivity index (χ0) is 13.5. The third kappa shape index (κ3) is 6.40. The van der Waals surface area contributed by atoms with Gasteiger partial charge in [0.25, 0.3) is 0 Å². The topological polar surface area (TPSA) is 52.6 Å². The second-order valence-electron chi connectivity index (χ2n) is 3.32. The second-order valence-corrected chi connectivity index (χ2v) is 9.91. The quantitative estimate of drug-likeness (QED) is 0.577. The van der Waals surface area contributed by atoms with Gasteiger partial charge in [0.2, 0.25) is 0 Å². The van der Waals surface area contributed by atoms with Crippen molar-refractivity contribution in [3.05, 3.63) is 0 Å². The van der Waals surface area contributed by atoms with Gasteiger partial charge in [0.1, 0.15) is 4.32 Å². The summed E-state index contributed by atoms with van der Waals surface area (Å²) in [7, 11) is 0.0748. The molecule has 8 heteroatoms. The highest BCUT2D eigenvalue weighted by Gasteiger charge is 2.26. The molecule has 0 unspecified atom stereocenters. The SMILES string of the molecule is CCN(CC)C(=S)SS(CC)(CC)NC(=O)O.S. The van der Waals surface area contributed by atoms with E-state index in [0.29, 0.717) is 0 Å². The molecule has 0 saturated heterocycles. The van der Waals surface area contributed by atoms with Gasteiger partial charge in [-0.2, -0.15) is 13.5 Å². The predicted octanol–water partition coefficient (Wildman–Crippen LogP) is 3.40. The average Bonchev–Trinajstić information content (AvgIpc) is 2.29. The molecule has 0 aliphatic carbocycles. The molecule has 2 N–H and O–H groups in total. The lowest BCUT2D eigenvalue weighted by Crippen LogP contribution is -2.32. The first-order valence-electron chi connectivity index (χ1n) is 5.72. The molecule has 0 aliphatic rings. The summed E-state index contributed by atoms with van der Waals surface area (Å²) in [6.45, 7) is 9.84. The first-order chi connectivity index (χ1) is 7.94. The highest BCUT2D eigenvalue weighted by molar-refractivity contribution is 8.98. The Kier molecular flexibility index (Phi) is 11.5. The van der Waals surface area contributed by atoms with Gasteiger partial charge >= 0.3 is 6.09 Å². The van der Waals surface area contributed by atoms with E-state index in [0.717, 1.165) is 28.9 Å². The average molecular weight is 333 g/mol. The minimum absolute atomic E-state index is 0. The fourth-order valence-corrected chi connectivity index (χ4v) is 6.86. The van der Waals surface area contributed by atoms with Crippen molar-refractivity contribution in [3.8, 4) is 0 Å². The smallest absolute Gasteiger partial charge is 0.414 e. The fraction of sp³-hybridized carbons (Fsp3) is 0.800. The summed E-state index contributed by atoms with van der Waals surface area (Å²) in [5, 5.41) is 8.92. The lowest BCUT2D eigenvalue weighted by atomic mass is 10.6. The van der Waals surface area contributed by atoms with Crippen LogP contribution in [0.3, 0.4) is 0 Å². The van der Waals surface area contributed by atoms with Crippen LogP contribution in [-0.2, 0) is 0 Å². The molecule has 18 heavy (non-hydrogen) atoms. The number of carbonyl (C=O) groups is 1. The van der Waals surface area contributed by atoms with Crippen molar-refractivity contribution >= 4 is 56.2 Å². The Morgan fingerprint density at radius 1 is 1.28 bits per heavy atom. The standard InChI is InChI=1S/C10H22N2O2S3.H2S/c1-5-12(6-2)10(15)16-17(7-3,8-4)11-9(13)14;/h11H,5-8H2,1-4H3,(H,13,14);1H2. The summed E-state index contributed by atoms with van der Waals surface area (Å²) in [4.78, 5) is 12.9. The number of rotatable bonds is 6. The van der Waals surface area contributed by atoms with Gasteiger partial charge in [-0.15, -0.1) is 9.25 Å². The molecule has 4 nitrogen and oxygen atoms in total. The van der Waals surface area contributed by atoms with Crippen molar-refractivity contribution in [1.82, 2.24) is 9.62 Å². The lowest BCUT2D eigenvalue weighted by molar-refractivity contribution is 0.201. The number of nitrogens with one attached hydrogen (secondary N) is 1. The fourth-order valence-electron chi connectivity index (χ4n) is 1.32. The van der Waals surface area contributed by atoms with E-state index in [4.69, 9.17) is 17.3 Å². The van der Waals surface area contributed by atoms with Crippen LogP contribution in [0.25, 0.3) is 0 Å². The molecule has 0 aliphatic heterocycles. The maximum atomic E-state index is 10.9. The maximum absolute atomic E-state index is 10.9. The van der Waals surface area contributed by atoms with Gasteiger partial charge in [-0.3, -0.25) is 4.72 Å². The molecule has 0 fully saturated rings. The molecule has 0 spiro atoms. The Morgan fingerprint density at radius 2 is 1.72 bits per heavy atom. The highest BCUT2D eigenvalue weighted by Crippen LogP contribution is 2.56. The number of carboxylic acid groups (broad SMARTS) is 1. The molecule has 0 heterocycles. The summed E-state index contributed by atoms with van der Waals surface area (Å²) in [5.74, 6) is 1.59. The summed E-state index contributed by atoms with van der Waals surface area (Å²) in [6, 6.07) is 0. The third-order valence-corrected chi connectivity index (χ3v) is 9.51. The Balaban J connectivity index is 0. The summed E-state index contributed by atoms with van der Waals surface area (Å²) in [5.41, 5.74) is 0. The molecule has 0 radical (unpaired) electrons. The highest BCUT2D eigenvalue weighted by atomic mass is 33.2. The van der Waals surface area contributed by atoms with Gasteiger partial charge in [0.15, 0.2) is 0 Å². The van der Waals surface area contributed by atoms with E-state index in [1.165, 1.54) is 10.8 Å². The first kappa shape index (κ1) is 20.5. The van der Waals surface area contributed by atoms with Crippen LogP contribution in [0, 0.1) is 0 Å². The van der Waals surface area contributed by atoms with Gasteiger partial charge in [0, 0.05) is 24.6 Å². The summed E-state index contributed by atoms with van der Waals surface area (Å²) < 4.78 is 3.47. The zero-order valence-electron chi connectivity index (χ0n) is 11.4. The molecule has 0 atom stereocenters. The van der Waals surface area contributed by atoms with Crippen LogP contribution in [0.5, 0.6) is 0 Å². The number of hydrogen-bond donors (Lipinski definition) is 2. The van der Waals surface area contributed by atoms with Gasteiger partial charge in [-0.1, -0.05) is 26.1 Å². The van der Waals surface area contributed by atoms with E-state index in [1.807, 2.05) is 13.8 Å². The van der Waals surface area contributed by atoms with Gasteiger partial charge < -0.3 is 10.0 Å². The van der Waals surface area contributed by atoms with Crippen molar-refractivity contribution < 1.29 is 9.90 Å². The van der Waals surface area contributed by atoms with E-state index in [2.05, 4.69) is 23.5 Å². The maximum Gasteiger partial charge on any atom is 0.414 e. The molecule has 0 rings (SSSR count). The molecule has 0 saturated carbocycles. The van der Waals surface area contributed by atoms with Crippen LogP contribution in [0.15, 0.2) is 0 Å². The van der Waals surface area contributed by atoms with Crippen molar-refractivity contribution in [2.45, 2.75) is 27.7 Å². The van der Waals surface area contributed by atoms with E-state index in [-0.39, 0.29) is 13.5 Å². The predicted molar refractivity (Wildman–Crippen MR) is 93.3 cm³/mol. The zero-order valence-corrected chi connectivity index (χ0v) is 14.8. The molecular formula is C10H24N2O2S4. The van der Waals surface area contributed by atoms with Crippen molar-refractivity contribution in [2.24, 2.45) is 0 Å². The summed E-state index contributed by atoms with van der Waals surface area (Å²) in [6.07, 6.45) is -0.960. The number of amides is 1. The molecule has 0 aromatic heterocycles. The Labute approximate surface area is 128 Å². The summed E-state index contributed by atoms with van der Waals surface area (Å²) >= 11 is 5.38. The van der Waals surface area contributed by atoms with Crippen LogP contribution < -0.4 is 4.72 Å². The van der Waals surface area contributed by atoms with Gasteiger partial charge in [-0.05, 0) is 24.6 Å². The van der Waals surface area contributed by atoms with Crippen LogP contribution in [-0.4, -0.2) is 45.0 Å². The van der Waals surface area contributed by atoms with Crippen LogP contribution in [0.1, 0.15) is 27.7 Å². The Morgan fingerprint density at radius 3 is 2.00 bits per heavy atom. The molecule has 110 valence electrons. The third-order valence-electron chi connectivity index (χ3n) is 2.46. The number of hydrogen-bond acceptors (Lipinski definition) is 3. The Hall–Kier alpha value is 0.210. The molecule has 0 bridgehead atoms. The number of thiocarbonyl (C=S) groups is 1. The minimum Gasteiger partial charge on any atom is -0.464 e. The normalized spacial score (nSPS) is 11.3. The second kappa shape index (κ2) is 10.1. The number of nitrogens with zero attached hydrogens (tertiary/aromatic N) is 1. The van der Waals surface area contributed by atoms with Crippen molar-refractivity contribution in [2.75, 3.05) is 24.6 Å². The van der Waals surface area contributed by atoms with E-state index < -0.39 is 15.3 Å². The van der Waals surface area contributed by atoms with E-state index >= 15 is 0 Å². The molecular weight excluding hydrogens is 308 g/mol. The van der Waals surface area contributed by atoms with Gasteiger partial charge in [-0.25, -0.2) is 4.79 Å². The lowest BCUT2D eigenvalue weighted by Gasteiger charge is -2.38. The van der Waals surface area contributed by atoms with Crippen LogP contribution in [0.2, 0.25) is 0 Å². The van der Waals surface area contributed by atoms with Gasteiger partial charge in [0.05, 0.1) is 0 Å². The Bertz CT molecular complexity index is 269. The van der Waals surface area contributed by atoms with Crippen LogP contribution in [0.4, 0.5) is 4.79 Å². The molecule has 1 amide bonds. The largest absolute Gasteiger partial charge is 0.464 e. The van der Waals surface area contributed by atoms with E-state index in [1.54, 1.807) is 0 Å². The van der Waals surface area contributed by atoms with Crippen molar-refractivity contribution in [1.29, 1.82) is 0 Å². The minimum atomic E-state index is -1.45. The monoisotopic (exact) mass is 332 g/mol. The van der Waals surface area contributed by atoms with Crippen molar-refractivity contribution in [3.63, 3.8) is 0 Å². The van der Waals surface area contributed by atoms with E-state index in [9.17, 15) is 4.79 Å². The van der Waals surface area contributed by atoms with Crippen LogP contribution >= 0.6 is 45.8 Å². The molecule has 0 aromatic rings. The first-order valence-corrected chi connectivity index (χ1v) is 9.43. The molecule has 0 aromatic carbocycles.